The molecule has 42 heavy (non-hydrogen) atoms. The lowest BCUT2D eigenvalue weighted by Crippen LogP contribution is -2.20. The topological polar surface area (TPSA) is 88.3 Å². The van der Waals surface area contributed by atoms with Gasteiger partial charge in [0.15, 0.2) is 5.78 Å². The summed E-state index contributed by atoms with van der Waals surface area (Å²) in [6, 6.07) is 18.5. The quantitative estimate of drug-likeness (QED) is 0.132. The Hall–Kier alpha value is -4.19. The Bertz CT molecular complexity index is 1640. The van der Waals surface area contributed by atoms with Gasteiger partial charge in [-0.2, -0.15) is 0 Å². The van der Waals surface area contributed by atoms with Crippen LogP contribution in [0, 0.1) is 0 Å². The molecule has 0 spiro atoms. The number of ether oxygens (including phenoxy) is 1. The number of aromatic amines is 1. The van der Waals surface area contributed by atoms with Gasteiger partial charge in [-0.05, 0) is 17.5 Å². The highest BCUT2D eigenvalue weighted by Crippen LogP contribution is 2.47. The second-order valence-electron chi connectivity index (χ2n) is 11.2. The molecule has 1 aliphatic carbocycles. The van der Waals surface area contributed by atoms with Crippen molar-refractivity contribution in [1.82, 2.24) is 4.98 Å². The van der Waals surface area contributed by atoms with Crippen molar-refractivity contribution in [2.75, 3.05) is 12.4 Å². The van der Waals surface area contributed by atoms with Crippen LogP contribution in [-0.4, -0.2) is 23.8 Å². The number of hydrogen-bond acceptors (Lipinski definition) is 4. The molecule has 4 aromatic rings. The van der Waals surface area contributed by atoms with Crippen molar-refractivity contribution in [2.24, 2.45) is 0 Å². The van der Waals surface area contributed by atoms with Gasteiger partial charge in [0, 0.05) is 29.0 Å². The second-order valence-corrected chi connectivity index (χ2v) is 11.2. The summed E-state index contributed by atoms with van der Waals surface area (Å²) in [6.07, 6.45) is 12.4. The monoisotopic (exact) mass is 564 g/mol. The molecule has 0 fully saturated rings. The van der Waals surface area contributed by atoms with E-state index in [2.05, 4.69) is 17.2 Å². The maximum absolute atomic E-state index is 13.8. The van der Waals surface area contributed by atoms with Gasteiger partial charge < -0.3 is 15.0 Å². The zero-order valence-corrected chi connectivity index (χ0v) is 24.7. The van der Waals surface area contributed by atoms with Crippen molar-refractivity contribution in [2.45, 2.75) is 77.6 Å². The van der Waals surface area contributed by atoms with Crippen molar-refractivity contribution >= 4 is 28.3 Å². The third-order valence-corrected chi connectivity index (χ3v) is 8.24. The first-order chi connectivity index (χ1) is 20.5. The number of hydrogen-bond donors (Lipinski definition) is 2. The predicted molar refractivity (Wildman–Crippen MR) is 171 cm³/mol. The Balaban J connectivity index is 1.44. The van der Waals surface area contributed by atoms with E-state index in [1.807, 2.05) is 48.5 Å². The van der Waals surface area contributed by atoms with E-state index in [9.17, 15) is 14.4 Å². The van der Waals surface area contributed by atoms with Crippen LogP contribution >= 0.6 is 0 Å². The molecule has 6 heteroatoms. The second kappa shape index (κ2) is 13.6. The lowest BCUT2D eigenvalue weighted by molar-refractivity contribution is -0.116. The maximum Gasteiger partial charge on any atom is 0.257 e. The summed E-state index contributed by atoms with van der Waals surface area (Å²) in [6.45, 7) is 2.24. The summed E-state index contributed by atoms with van der Waals surface area (Å²) in [4.78, 5) is 43.6. The van der Waals surface area contributed by atoms with Crippen LogP contribution in [0.5, 0.6) is 5.75 Å². The van der Waals surface area contributed by atoms with Crippen molar-refractivity contribution in [3.05, 3.63) is 82.1 Å². The summed E-state index contributed by atoms with van der Waals surface area (Å²) in [5, 5.41) is 3.61. The highest BCUT2D eigenvalue weighted by atomic mass is 16.5. The molecule has 0 aliphatic heterocycles. The van der Waals surface area contributed by atoms with Crippen molar-refractivity contribution in [3.63, 3.8) is 0 Å². The molecule has 3 aromatic carbocycles. The van der Waals surface area contributed by atoms with E-state index < -0.39 is 0 Å². The average Bonchev–Trinajstić information content (AvgIpc) is 3.01. The fourth-order valence-electron chi connectivity index (χ4n) is 6.11. The normalized spacial score (nSPS) is 11.9. The van der Waals surface area contributed by atoms with Gasteiger partial charge in [0.1, 0.15) is 5.75 Å². The zero-order chi connectivity index (χ0) is 29.5. The first-order valence-electron chi connectivity index (χ1n) is 15.4. The van der Waals surface area contributed by atoms with E-state index in [0.717, 1.165) is 24.8 Å². The standard InChI is InChI=1S/C36H40N2O4/c1-3-4-5-6-7-8-9-10-11-15-22-29(39)37-27-23-28(42-2)32-33-31(25-20-16-17-21-26(25)35(32)40)30(36(41)38-34(27)33)24-18-13-12-14-19-24/h12-14,16-21,23H,3-11,15,22H2,1-2H3,(H,37,39)(H,38,41). The number of pyridine rings is 1. The Morgan fingerprint density at radius 3 is 2.05 bits per heavy atom. The molecule has 0 unspecified atom stereocenters. The Kier molecular flexibility index (Phi) is 9.52. The van der Waals surface area contributed by atoms with Gasteiger partial charge in [-0.3, -0.25) is 14.4 Å². The Morgan fingerprint density at radius 1 is 0.762 bits per heavy atom. The zero-order valence-electron chi connectivity index (χ0n) is 24.7. The highest BCUT2D eigenvalue weighted by molar-refractivity contribution is 6.30. The SMILES string of the molecule is CCCCCCCCCCCCC(=O)Nc1cc(OC)c2c3c(c(-c4ccccc4)c(=O)[nH]c13)-c1ccccc1C2=O. The molecule has 1 amide bonds. The molecule has 1 aromatic heterocycles. The number of amides is 1. The van der Waals surface area contributed by atoms with Crippen molar-refractivity contribution in [1.29, 1.82) is 0 Å². The number of fused-ring (bicyclic) bond motifs is 2. The molecule has 1 aliphatic rings. The number of methoxy groups -OCH3 is 1. The molecule has 0 bridgehead atoms. The van der Waals surface area contributed by atoms with E-state index in [0.29, 0.717) is 56.6 Å². The molecule has 0 saturated carbocycles. The minimum absolute atomic E-state index is 0.121. The number of benzene rings is 3. The number of nitrogens with one attached hydrogen (secondary N) is 2. The van der Waals surface area contributed by atoms with E-state index in [4.69, 9.17) is 4.74 Å². The molecule has 0 radical (unpaired) electrons. The average molecular weight is 565 g/mol. The molecule has 6 nitrogen and oxygen atoms in total. The van der Waals surface area contributed by atoms with Gasteiger partial charge >= 0.3 is 0 Å². The molecule has 5 rings (SSSR count). The minimum Gasteiger partial charge on any atom is -0.496 e. The largest absolute Gasteiger partial charge is 0.496 e. The van der Waals surface area contributed by atoms with E-state index in [-0.39, 0.29) is 17.2 Å². The van der Waals surface area contributed by atoms with Crippen LogP contribution in [0.3, 0.4) is 0 Å². The molecular formula is C36H40N2O4. The highest BCUT2D eigenvalue weighted by Gasteiger charge is 2.33. The van der Waals surface area contributed by atoms with Crippen molar-refractivity contribution < 1.29 is 14.3 Å². The lowest BCUT2D eigenvalue weighted by atomic mass is 9.80. The summed E-state index contributed by atoms with van der Waals surface area (Å²) in [7, 11) is 1.52. The number of ketones is 1. The number of rotatable bonds is 14. The van der Waals surface area contributed by atoms with Gasteiger partial charge in [0.05, 0.1) is 29.4 Å². The number of aromatic nitrogens is 1. The summed E-state index contributed by atoms with van der Waals surface area (Å²) < 4.78 is 5.72. The van der Waals surface area contributed by atoms with Gasteiger partial charge in [-0.1, -0.05) is 119 Å². The number of anilines is 1. The third-order valence-electron chi connectivity index (χ3n) is 8.24. The Morgan fingerprint density at radius 2 is 1.38 bits per heavy atom. The number of carbonyl (C=O) groups excluding carboxylic acids is 2. The molecule has 2 N–H and O–H groups in total. The summed E-state index contributed by atoms with van der Waals surface area (Å²) >= 11 is 0. The molecular weight excluding hydrogens is 524 g/mol. The van der Waals surface area contributed by atoms with Crippen LogP contribution in [0.4, 0.5) is 5.69 Å². The lowest BCUT2D eigenvalue weighted by Gasteiger charge is -2.25. The number of H-pyrrole nitrogens is 1. The predicted octanol–water partition coefficient (Wildman–Crippen LogP) is 8.66. The molecule has 1 heterocycles. The van der Waals surface area contributed by atoms with Gasteiger partial charge in [-0.15, -0.1) is 0 Å². The van der Waals surface area contributed by atoms with Crippen LogP contribution in [0.15, 0.2) is 65.5 Å². The van der Waals surface area contributed by atoms with E-state index in [1.54, 1.807) is 12.1 Å². The smallest absolute Gasteiger partial charge is 0.257 e. The van der Waals surface area contributed by atoms with Crippen LogP contribution in [-0.2, 0) is 4.79 Å². The molecule has 0 atom stereocenters. The maximum atomic E-state index is 13.8. The van der Waals surface area contributed by atoms with E-state index in [1.165, 1.54) is 52.1 Å². The molecule has 0 saturated heterocycles. The molecule has 218 valence electrons. The minimum atomic E-state index is -0.283. The van der Waals surface area contributed by atoms with Crippen LogP contribution in [0.1, 0.15) is 93.5 Å². The van der Waals surface area contributed by atoms with Gasteiger partial charge in [0.25, 0.3) is 5.56 Å². The summed E-state index contributed by atoms with van der Waals surface area (Å²) in [5.41, 5.74) is 4.11. The van der Waals surface area contributed by atoms with Crippen LogP contribution in [0.25, 0.3) is 33.2 Å². The first-order valence-corrected chi connectivity index (χ1v) is 15.4. The van der Waals surface area contributed by atoms with Gasteiger partial charge in [0.2, 0.25) is 5.91 Å². The van der Waals surface area contributed by atoms with Crippen LogP contribution < -0.4 is 15.6 Å². The Labute approximate surface area is 247 Å². The van der Waals surface area contributed by atoms with E-state index >= 15 is 0 Å². The summed E-state index contributed by atoms with van der Waals surface area (Å²) in [5.74, 6) is 0.0711. The fraction of sp³-hybridized carbons (Fsp3) is 0.361. The number of unbranched alkanes of at least 4 members (excludes halogenated alkanes) is 9. The van der Waals surface area contributed by atoms with Crippen LogP contribution in [0.2, 0.25) is 0 Å². The first kappa shape index (κ1) is 29.3. The van der Waals surface area contributed by atoms with Gasteiger partial charge in [-0.25, -0.2) is 0 Å². The van der Waals surface area contributed by atoms with Crippen molar-refractivity contribution in [3.8, 4) is 28.0 Å². The number of carbonyl (C=O) groups is 2. The fourth-order valence-corrected chi connectivity index (χ4v) is 6.11. The third kappa shape index (κ3) is 6.03.